The molecule has 1 aliphatic heterocycles. The molecule has 0 saturated carbocycles. The lowest BCUT2D eigenvalue weighted by molar-refractivity contribution is -0.118. The first-order valence-corrected chi connectivity index (χ1v) is 6.39. The minimum absolute atomic E-state index is 0. The molecule has 1 unspecified atom stereocenters. The van der Waals surface area contributed by atoms with E-state index in [1.165, 1.54) is 0 Å². The highest BCUT2D eigenvalue weighted by Gasteiger charge is 2.42. The molecule has 0 spiro atoms. The number of benzene rings is 1. The molecule has 2 heterocycles. The van der Waals surface area contributed by atoms with E-state index in [0.29, 0.717) is 15.9 Å². The smallest absolute Gasteiger partial charge is 0.262 e. The van der Waals surface area contributed by atoms with Crippen molar-refractivity contribution in [2.75, 3.05) is 11.9 Å². The summed E-state index contributed by atoms with van der Waals surface area (Å²) >= 11 is 5.98. The predicted molar refractivity (Wildman–Crippen MR) is 78.3 cm³/mol. The number of rotatable bonds is 2. The summed E-state index contributed by atoms with van der Waals surface area (Å²) in [4.78, 5) is 11.9. The van der Waals surface area contributed by atoms with Crippen molar-refractivity contribution in [1.82, 2.24) is 15.5 Å². The second kappa shape index (κ2) is 5.75. The molecule has 5 nitrogen and oxygen atoms in total. The van der Waals surface area contributed by atoms with Crippen molar-refractivity contribution in [1.29, 1.82) is 0 Å². The summed E-state index contributed by atoms with van der Waals surface area (Å²) in [5.74, 6) is -3.10. The zero-order valence-electron chi connectivity index (χ0n) is 10.6. The molecule has 2 aromatic rings. The number of hydrogen-bond donors (Lipinski definition) is 3. The van der Waals surface area contributed by atoms with Crippen LogP contribution in [0.2, 0.25) is 5.02 Å². The molecule has 1 fully saturated rings. The van der Waals surface area contributed by atoms with Gasteiger partial charge in [0.05, 0.1) is 23.1 Å². The minimum atomic E-state index is -2.85. The fraction of sp³-hybridized carbons (Fsp3) is 0.333. The van der Waals surface area contributed by atoms with Crippen LogP contribution in [0.3, 0.4) is 0 Å². The van der Waals surface area contributed by atoms with Crippen LogP contribution in [0.5, 0.6) is 0 Å². The topological polar surface area (TPSA) is 69.8 Å². The van der Waals surface area contributed by atoms with Crippen molar-refractivity contribution >= 4 is 46.6 Å². The SMILES string of the molecule is Cl.O=C(Nc1n[nH]c2c(Cl)cccc12)C1CC(F)(F)CN1. The number of para-hydroxylation sites is 1. The molecule has 1 aromatic heterocycles. The highest BCUT2D eigenvalue weighted by molar-refractivity contribution is 6.35. The number of anilines is 1. The van der Waals surface area contributed by atoms with Gasteiger partial charge in [-0.1, -0.05) is 17.7 Å². The molecular formula is C12H12Cl2F2N4O. The van der Waals surface area contributed by atoms with Crippen molar-refractivity contribution in [2.45, 2.75) is 18.4 Å². The van der Waals surface area contributed by atoms with Crippen LogP contribution >= 0.6 is 24.0 Å². The molecule has 1 aliphatic rings. The first-order chi connectivity index (χ1) is 9.46. The Bertz CT molecular complexity index is 676. The number of amides is 1. The molecule has 3 rings (SSSR count). The number of aromatic amines is 1. The number of nitrogens with zero attached hydrogens (tertiary/aromatic N) is 1. The molecule has 0 radical (unpaired) electrons. The van der Waals surface area contributed by atoms with Crippen molar-refractivity contribution in [3.8, 4) is 0 Å². The fourth-order valence-corrected chi connectivity index (χ4v) is 2.42. The summed E-state index contributed by atoms with van der Waals surface area (Å²) < 4.78 is 26.1. The van der Waals surface area contributed by atoms with E-state index in [4.69, 9.17) is 11.6 Å². The highest BCUT2D eigenvalue weighted by Crippen LogP contribution is 2.28. The van der Waals surface area contributed by atoms with E-state index >= 15 is 0 Å². The standard InChI is InChI=1S/C12H11ClF2N4O.ClH/c13-7-3-1-2-6-9(7)18-19-10(6)17-11(20)8-4-12(14,15)5-16-8;/h1-3,8,16H,4-5H2,(H2,17,18,19,20);1H. The van der Waals surface area contributed by atoms with E-state index in [-0.39, 0.29) is 18.2 Å². The number of fused-ring (bicyclic) bond motifs is 1. The van der Waals surface area contributed by atoms with Crippen LogP contribution in [0.4, 0.5) is 14.6 Å². The summed E-state index contributed by atoms with van der Waals surface area (Å²) in [6, 6.07) is 4.22. The van der Waals surface area contributed by atoms with Gasteiger partial charge in [-0.15, -0.1) is 12.4 Å². The third-order valence-electron chi connectivity index (χ3n) is 3.22. The molecule has 0 aliphatic carbocycles. The molecule has 3 N–H and O–H groups in total. The van der Waals surface area contributed by atoms with Crippen LogP contribution in [-0.2, 0) is 4.79 Å². The predicted octanol–water partition coefficient (Wildman–Crippen LogP) is 2.57. The number of alkyl halides is 2. The highest BCUT2D eigenvalue weighted by atomic mass is 35.5. The summed E-state index contributed by atoms with van der Waals surface area (Å²) in [5, 5.41) is 12.8. The zero-order chi connectivity index (χ0) is 14.3. The molecule has 1 atom stereocenters. The summed E-state index contributed by atoms with van der Waals surface area (Å²) in [6.07, 6.45) is -0.512. The lowest BCUT2D eigenvalue weighted by Gasteiger charge is -2.09. The average Bonchev–Trinajstić information content (AvgIpc) is 2.95. The van der Waals surface area contributed by atoms with E-state index in [2.05, 4.69) is 20.8 Å². The molecular weight excluding hydrogens is 325 g/mol. The molecule has 21 heavy (non-hydrogen) atoms. The van der Waals surface area contributed by atoms with E-state index < -0.39 is 30.8 Å². The molecule has 0 bridgehead atoms. The number of hydrogen-bond acceptors (Lipinski definition) is 3. The number of nitrogens with one attached hydrogen (secondary N) is 3. The van der Waals surface area contributed by atoms with Crippen LogP contribution < -0.4 is 10.6 Å². The van der Waals surface area contributed by atoms with E-state index in [1.807, 2.05) is 0 Å². The van der Waals surface area contributed by atoms with Crippen LogP contribution in [-0.4, -0.2) is 34.6 Å². The van der Waals surface area contributed by atoms with Gasteiger partial charge in [0, 0.05) is 11.8 Å². The molecule has 9 heteroatoms. The van der Waals surface area contributed by atoms with Gasteiger partial charge in [-0.25, -0.2) is 8.78 Å². The van der Waals surface area contributed by atoms with Gasteiger partial charge in [0.25, 0.3) is 5.92 Å². The van der Waals surface area contributed by atoms with E-state index in [1.54, 1.807) is 18.2 Å². The third-order valence-corrected chi connectivity index (χ3v) is 3.53. The Hall–Kier alpha value is -1.44. The minimum Gasteiger partial charge on any atom is -0.307 e. The Labute approximate surface area is 129 Å². The Kier molecular flexibility index (Phi) is 4.36. The number of aromatic nitrogens is 2. The van der Waals surface area contributed by atoms with Crippen LogP contribution in [0, 0.1) is 0 Å². The Balaban J connectivity index is 0.00000161. The van der Waals surface area contributed by atoms with Crippen molar-refractivity contribution in [2.24, 2.45) is 0 Å². The quantitative estimate of drug-likeness (QED) is 0.789. The van der Waals surface area contributed by atoms with E-state index in [0.717, 1.165) is 0 Å². The van der Waals surface area contributed by atoms with Gasteiger partial charge in [-0.3, -0.25) is 15.2 Å². The third kappa shape index (κ3) is 3.09. The van der Waals surface area contributed by atoms with Crippen LogP contribution in [0.15, 0.2) is 18.2 Å². The number of halogens is 4. The lowest BCUT2D eigenvalue weighted by Crippen LogP contribution is -2.35. The Morgan fingerprint density at radius 1 is 1.48 bits per heavy atom. The maximum Gasteiger partial charge on any atom is 0.262 e. The lowest BCUT2D eigenvalue weighted by atomic mass is 10.2. The first kappa shape index (κ1) is 15.9. The second-order valence-electron chi connectivity index (χ2n) is 4.72. The number of carbonyl (C=O) groups is 1. The van der Waals surface area contributed by atoms with Gasteiger partial charge >= 0.3 is 0 Å². The van der Waals surface area contributed by atoms with Gasteiger partial charge in [0.1, 0.15) is 0 Å². The maximum atomic E-state index is 13.1. The first-order valence-electron chi connectivity index (χ1n) is 6.01. The van der Waals surface area contributed by atoms with Crippen molar-refractivity contribution in [3.63, 3.8) is 0 Å². The Morgan fingerprint density at radius 2 is 2.24 bits per heavy atom. The van der Waals surface area contributed by atoms with Gasteiger partial charge < -0.3 is 5.32 Å². The average molecular weight is 337 g/mol. The molecule has 1 aromatic carbocycles. The van der Waals surface area contributed by atoms with Crippen molar-refractivity contribution in [3.05, 3.63) is 23.2 Å². The molecule has 114 valence electrons. The van der Waals surface area contributed by atoms with Crippen LogP contribution in [0.1, 0.15) is 6.42 Å². The zero-order valence-corrected chi connectivity index (χ0v) is 12.2. The summed E-state index contributed by atoms with van der Waals surface area (Å²) in [6.45, 7) is -0.488. The number of carbonyl (C=O) groups excluding carboxylic acids is 1. The van der Waals surface area contributed by atoms with Crippen LogP contribution in [0.25, 0.3) is 10.9 Å². The summed E-state index contributed by atoms with van der Waals surface area (Å²) in [5.41, 5.74) is 0.592. The molecule has 1 amide bonds. The largest absolute Gasteiger partial charge is 0.307 e. The molecule has 1 saturated heterocycles. The Morgan fingerprint density at radius 3 is 2.90 bits per heavy atom. The maximum absolute atomic E-state index is 13.1. The van der Waals surface area contributed by atoms with Gasteiger partial charge in [-0.2, -0.15) is 5.10 Å². The van der Waals surface area contributed by atoms with Gasteiger partial charge in [0.15, 0.2) is 5.82 Å². The van der Waals surface area contributed by atoms with E-state index in [9.17, 15) is 13.6 Å². The fourth-order valence-electron chi connectivity index (χ4n) is 2.21. The second-order valence-corrected chi connectivity index (χ2v) is 5.12. The van der Waals surface area contributed by atoms with Crippen molar-refractivity contribution < 1.29 is 13.6 Å². The number of H-pyrrole nitrogens is 1. The summed E-state index contributed by atoms with van der Waals surface area (Å²) in [7, 11) is 0. The normalized spacial score (nSPS) is 20.2. The van der Waals surface area contributed by atoms with Gasteiger partial charge in [0.2, 0.25) is 5.91 Å². The monoisotopic (exact) mass is 336 g/mol. The van der Waals surface area contributed by atoms with Gasteiger partial charge in [-0.05, 0) is 12.1 Å².